The number of allylic oxidation sites excluding steroid dienone is 1. The van der Waals surface area contributed by atoms with E-state index in [0.717, 1.165) is 17.4 Å². The molecule has 1 N–H and O–H groups in total. The third-order valence-corrected chi connectivity index (χ3v) is 3.80. The van der Waals surface area contributed by atoms with Gasteiger partial charge in [0.25, 0.3) is 5.69 Å². The van der Waals surface area contributed by atoms with Gasteiger partial charge in [0.15, 0.2) is 0 Å². The van der Waals surface area contributed by atoms with E-state index in [-0.39, 0.29) is 10.6 Å². The van der Waals surface area contributed by atoms with E-state index >= 15 is 0 Å². The smallest absolute Gasteiger partial charge is 0.292 e. The molecule has 0 aliphatic heterocycles. The molecule has 1 aliphatic carbocycles. The number of nitro benzene ring substituents is 1. The zero-order valence-electron chi connectivity index (χ0n) is 10.7. The molecule has 0 amide bonds. The molecule has 0 bridgehead atoms. The summed E-state index contributed by atoms with van der Waals surface area (Å²) < 4.78 is 0.845. The van der Waals surface area contributed by atoms with Gasteiger partial charge in [0, 0.05) is 17.1 Å². The quantitative estimate of drug-likeness (QED) is 0.487. The fourth-order valence-electron chi connectivity index (χ4n) is 2.30. The SMILES string of the molecule is O=[N+]([O-])c1ccc(Br)cc1NCCC1=CCCCC1. The van der Waals surface area contributed by atoms with Crippen LogP contribution in [0.4, 0.5) is 11.4 Å². The van der Waals surface area contributed by atoms with E-state index in [0.29, 0.717) is 5.69 Å². The van der Waals surface area contributed by atoms with Crippen molar-refractivity contribution in [3.05, 3.63) is 44.4 Å². The highest BCUT2D eigenvalue weighted by atomic mass is 79.9. The standard InChI is InChI=1S/C14H17BrN2O2/c15-12-6-7-14(17(18)19)13(10-12)16-9-8-11-4-2-1-3-5-11/h4,6-7,10,16H,1-3,5,8-9H2. The molecule has 0 aromatic heterocycles. The number of halogens is 1. The third-order valence-electron chi connectivity index (χ3n) is 3.30. The van der Waals surface area contributed by atoms with Gasteiger partial charge in [-0.3, -0.25) is 10.1 Å². The Morgan fingerprint density at radius 3 is 2.89 bits per heavy atom. The van der Waals surface area contributed by atoms with Crippen molar-refractivity contribution in [2.45, 2.75) is 32.1 Å². The van der Waals surface area contributed by atoms with Crippen LogP contribution >= 0.6 is 15.9 Å². The molecule has 0 atom stereocenters. The van der Waals surface area contributed by atoms with Crippen LogP contribution in [0.3, 0.4) is 0 Å². The average Bonchev–Trinajstić information content (AvgIpc) is 2.39. The van der Waals surface area contributed by atoms with Gasteiger partial charge < -0.3 is 5.32 Å². The van der Waals surface area contributed by atoms with E-state index < -0.39 is 0 Å². The Morgan fingerprint density at radius 2 is 2.21 bits per heavy atom. The molecule has 102 valence electrons. The molecule has 0 unspecified atom stereocenters. The lowest BCUT2D eigenvalue weighted by atomic mass is 9.97. The van der Waals surface area contributed by atoms with Crippen LogP contribution in [0.1, 0.15) is 32.1 Å². The number of hydrogen-bond donors (Lipinski definition) is 1. The second-order valence-electron chi connectivity index (χ2n) is 4.70. The number of rotatable bonds is 5. The van der Waals surface area contributed by atoms with E-state index in [1.54, 1.807) is 12.1 Å². The molecule has 1 aliphatic rings. The summed E-state index contributed by atoms with van der Waals surface area (Å²) in [5, 5.41) is 14.1. The molecule has 4 nitrogen and oxygen atoms in total. The molecule has 1 aromatic carbocycles. The van der Waals surface area contributed by atoms with Crippen LogP contribution < -0.4 is 5.32 Å². The summed E-state index contributed by atoms with van der Waals surface area (Å²) in [5.41, 5.74) is 2.17. The van der Waals surface area contributed by atoms with Crippen molar-refractivity contribution in [2.75, 3.05) is 11.9 Å². The molecule has 19 heavy (non-hydrogen) atoms. The maximum absolute atomic E-state index is 10.9. The Morgan fingerprint density at radius 1 is 1.37 bits per heavy atom. The summed E-state index contributed by atoms with van der Waals surface area (Å²) in [6.45, 7) is 0.739. The van der Waals surface area contributed by atoms with Crippen LogP contribution in [0.2, 0.25) is 0 Å². The van der Waals surface area contributed by atoms with Crippen molar-refractivity contribution in [3.8, 4) is 0 Å². The van der Waals surface area contributed by atoms with Crippen LogP contribution in [-0.4, -0.2) is 11.5 Å². The molecule has 0 heterocycles. The Labute approximate surface area is 121 Å². The minimum Gasteiger partial charge on any atom is -0.379 e. The molecule has 0 saturated heterocycles. The van der Waals surface area contributed by atoms with Gasteiger partial charge in [0.2, 0.25) is 0 Å². The molecule has 0 radical (unpaired) electrons. The zero-order valence-corrected chi connectivity index (χ0v) is 12.3. The number of benzene rings is 1. The molecule has 0 spiro atoms. The van der Waals surface area contributed by atoms with Gasteiger partial charge >= 0.3 is 0 Å². The normalized spacial score (nSPS) is 14.9. The zero-order chi connectivity index (χ0) is 13.7. The average molecular weight is 325 g/mol. The maximum Gasteiger partial charge on any atom is 0.292 e. The summed E-state index contributed by atoms with van der Waals surface area (Å²) in [5.74, 6) is 0. The van der Waals surface area contributed by atoms with E-state index in [2.05, 4.69) is 27.3 Å². The summed E-state index contributed by atoms with van der Waals surface area (Å²) in [6, 6.07) is 4.96. The van der Waals surface area contributed by atoms with Gasteiger partial charge in [-0.05, 0) is 44.2 Å². The molecular weight excluding hydrogens is 308 g/mol. The number of nitro groups is 1. The Hall–Kier alpha value is -1.36. The summed E-state index contributed by atoms with van der Waals surface area (Å²) in [7, 11) is 0. The van der Waals surface area contributed by atoms with Gasteiger partial charge in [-0.1, -0.05) is 27.6 Å². The van der Waals surface area contributed by atoms with E-state index in [1.165, 1.54) is 37.3 Å². The molecule has 2 rings (SSSR count). The van der Waals surface area contributed by atoms with Crippen molar-refractivity contribution in [3.63, 3.8) is 0 Å². The van der Waals surface area contributed by atoms with Gasteiger partial charge in [-0.15, -0.1) is 0 Å². The van der Waals surface area contributed by atoms with Crippen molar-refractivity contribution >= 4 is 27.3 Å². The summed E-state index contributed by atoms with van der Waals surface area (Å²) in [4.78, 5) is 10.6. The lowest BCUT2D eigenvalue weighted by Crippen LogP contribution is -2.06. The third kappa shape index (κ3) is 4.06. The predicted octanol–water partition coefficient (Wildman–Crippen LogP) is 4.66. The first-order valence-corrected chi connectivity index (χ1v) is 7.32. The molecular formula is C14H17BrN2O2. The molecule has 0 saturated carbocycles. The van der Waals surface area contributed by atoms with Gasteiger partial charge in [-0.2, -0.15) is 0 Å². The predicted molar refractivity (Wildman–Crippen MR) is 80.5 cm³/mol. The maximum atomic E-state index is 10.9. The topological polar surface area (TPSA) is 55.2 Å². The van der Waals surface area contributed by atoms with Crippen molar-refractivity contribution in [1.29, 1.82) is 0 Å². The first-order chi connectivity index (χ1) is 9.16. The van der Waals surface area contributed by atoms with E-state index in [9.17, 15) is 10.1 Å². The Bertz CT molecular complexity index is 500. The van der Waals surface area contributed by atoms with Crippen LogP contribution in [0.25, 0.3) is 0 Å². The monoisotopic (exact) mass is 324 g/mol. The Balaban J connectivity index is 1.96. The second-order valence-corrected chi connectivity index (χ2v) is 5.62. The highest BCUT2D eigenvalue weighted by molar-refractivity contribution is 9.10. The largest absolute Gasteiger partial charge is 0.379 e. The highest BCUT2D eigenvalue weighted by Crippen LogP contribution is 2.28. The first kappa shape index (κ1) is 14.1. The minimum atomic E-state index is -0.353. The van der Waals surface area contributed by atoms with E-state index in [1.807, 2.05) is 0 Å². The lowest BCUT2D eigenvalue weighted by molar-refractivity contribution is -0.384. The first-order valence-electron chi connectivity index (χ1n) is 6.52. The summed E-state index contributed by atoms with van der Waals surface area (Å²) >= 11 is 3.34. The van der Waals surface area contributed by atoms with Crippen LogP contribution in [0, 0.1) is 10.1 Å². The van der Waals surface area contributed by atoms with E-state index in [4.69, 9.17) is 0 Å². The van der Waals surface area contributed by atoms with Gasteiger partial charge in [0.05, 0.1) is 4.92 Å². The van der Waals surface area contributed by atoms with Crippen LogP contribution in [0.15, 0.2) is 34.3 Å². The Kier molecular flexibility index (Phi) is 4.96. The number of anilines is 1. The lowest BCUT2D eigenvalue weighted by Gasteiger charge is -2.13. The van der Waals surface area contributed by atoms with Crippen molar-refractivity contribution < 1.29 is 4.92 Å². The molecule has 0 fully saturated rings. The number of hydrogen-bond acceptors (Lipinski definition) is 3. The fourth-order valence-corrected chi connectivity index (χ4v) is 2.66. The molecule has 1 aromatic rings. The summed E-state index contributed by atoms with van der Waals surface area (Å²) in [6.07, 6.45) is 8.16. The van der Waals surface area contributed by atoms with Crippen LogP contribution in [-0.2, 0) is 0 Å². The number of nitrogens with one attached hydrogen (secondary N) is 1. The van der Waals surface area contributed by atoms with Crippen LogP contribution in [0.5, 0.6) is 0 Å². The number of nitrogens with zero attached hydrogens (tertiary/aromatic N) is 1. The minimum absolute atomic E-state index is 0.126. The second kappa shape index (κ2) is 6.70. The fraction of sp³-hybridized carbons (Fsp3) is 0.429. The van der Waals surface area contributed by atoms with Gasteiger partial charge in [0.1, 0.15) is 5.69 Å². The van der Waals surface area contributed by atoms with Gasteiger partial charge in [-0.25, -0.2) is 0 Å². The molecule has 5 heteroatoms. The van der Waals surface area contributed by atoms with Crippen molar-refractivity contribution in [1.82, 2.24) is 0 Å². The highest BCUT2D eigenvalue weighted by Gasteiger charge is 2.13. The van der Waals surface area contributed by atoms with Crippen molar-refractivity contribution in [2.24, 2.45) is 0 Å².